The van der Waals surface area contributed by atoms with Crippen molar-refractivity contribution >= 4 is 28.7 Å². The number of hydrogen-bond donors (Lipinski definition) is 0. The number of esters is 1. The van der Waals surface area contributed by atoms with Gasteiger partial charge in [0.25, 0.3) is 0 Å². The van der Waals surface area contributed by atoms with Gasteiger partial charge >= 0.3 is 5.97 Å². The Kier molecular flexibility index (Phi) is 1.94. The predicted octanol–water partition coefficient (Wildman–Crippen LogP) is 1.62. The van der Waals surface area contributed by atoms with E-state index >= 15 is 0 Å². The molecule has 0 radical (unpaired) electrons. The van der Waals surface area contributed by atoms with Gasteiger partial charge in [-0.05, 0) is 12.1 Å². The van der Waals surface area contributed by atoms with Crippen LogP contribution in [0.15, 0.2) is 18.2 Å². The first-order chi connectivity index (χ1) is 6.27. The minimum Gasteiger partial charge on any atom is -0.424 e. The lowest BCUT2D eigenvalue weighted by Gasteiger charge is -1.99. The Morgan fingerprint density at radius 1 is 1.46 bits per heavy atom. The molecule has 1 aromatic carbocycles. The summed E-state index contributed by atoms with van der Waals surface area (Å²) in [7, 11) is 0. The van der Waals surface area contributed by atoms with Crippen molar-refractivity contribution in [2.24, 2.45) is 0 Å². The van der Waals surface area contributed by atoms with E-state index in [1.165, 1.54) is 6.92 Å². The van der Waals surface area contributed by atoms with Crippen LogP contribution < -0.4 is 4.74 Å². The van der Waals surface area contributed by atoms with Gasteiger partial charge in [-0.25, -0.2) is 0 Å². The van der Waals surface area contributed by atoms with E-state index in [2.05, 4.69) is 8.75 Å². The molecule has 0 spiro atoms. The summed E-state index contributed by atoms with van der Waals surface area (Å²) in [5.74, 6) is 0.124. The van der Waals surface area contributed by atoms with Crippen molar-refractivity contribution in [1.29, 1.82) is 0 Å². The molecule has 0 aliphatic carbocycles. The second kappa shape index (κ2) is 3.10. The molecule has 5 heteroatoms. The molecule has 0 unspecified atom stereocenters. The highest BCUT2D eigenvalue weighted by atomic mass is 32.1. The highest BCUT2D eigenvalue weighted by Gasteiger charge is 2.06. The van der Waals surface area contributed by atoms with Crippen LogP contribution in [0.3, 0.4) is 0 Å². The minimum absolute atomic E-state index is 0.347. The van der Waals surface area contributed by atoms with E-state index in [1.807, 2.05) is 6.07 Å². The summed E-state index contributed by atoms with van der Waals surface area (Å²) in [5, 5.41) is 0. The maximum atomic E-state index is 10.7. The summed E-state index contributed by atoms with van der Waals surface area (Å²) in [6.45, 7) is 1.36. The number of nitrogens with zero attached hydrogens (tertiary/aromatic N) is 2. The smallest absolute Gasteiger partial charge is 0.308 e. The first-order valence-corrected chi connectivity index (χ1v) is 4.40. The Bertz CT molecular complexity index is 452. The molecule has 0 amide bonds. The Hall–Kier alpha value is -1.49. The molecular weight excluding hydrogens is 188 g/mol. The van der Waals surface area contributed by atoms with Crippen LogP contribution in [0.1, 0.15) is 6.92 Å². The van der Waals surface area contributed by atoms with Crippen molar-refractivity contribution in [2.45, 2.75) is 6.92 Å². The third-order valence-corrected chi connectivity index (χ3v) is 2.05. The monoisotopic (exact) mass is 194 g/mol. The highest BCUT2D eigenvalue weighted by molar-refractivity contribution is 7.00. The van der Waals surface area contributed by atoms with E-state index in [9.17, 15) is 4.79 Å². The zero-order valence-electron chi connectivity index (χ0n) is 6.85. The van der Waals surface area contributed by atoms with Crippen LogP contribution in [0, 0.1) is 0 Å². The predicted molar refractivity (Wildman–Crippen MR) is 48.7 cm³/mol. The quantitative estimate of drug-likeness (QED) is 0.511. The lowest BCUT2D eigenvalue weighted by Crippen LogP contribution is -2.01. The Balaban J connectivity index is 2.54. The third-order valence-electron chi connectivity index (χ3n) is 1.50. The average molecular weight is 194 g/mol. The van der Waals surface area contributed by atoms with Crippen molar-refractivity contribution in [1.82, 2.24) is 8.75 Å². The van der Waals surface area contributed by atoms with Gasteiger partial charge in [-0.2, -0.15) is 8.75 Å². The van der Waals surface area contributed by atoms with Crippen LogP contribution in [-0.4, -0.2) is 14.7 Å². The summed E-state index contributed by atoms with van der Waals surface area (Å²) in [5.41, 5.74) is 1.39. The highest BCUT2D eigenvalue weighted by Crippen LogP contribution is 2.23. The molecule has 13 heavy (non-hydrogen) atoms. The summed E-state index contributed by atoms with van der Waals surface area (Å²) in [6.07, 6.45) is 0. The topological polar surface area (TPSA) is 52.1 Å². The SMILES string of the molecule is CC(=O)Oc1cccc2nsnc12. The number of carbonyl (C=O) groups excluding carboxylic acids is 1. The molecule has 0 saturated heterocycles. The molecule has 0 fully saturated rings. The van der Waals surface area contributed by atoms with Gasteiger partial charge in [0.2, 0.25) is 0 Å². The number of carbonyl (C=O) groups is 1. The molecule has 0 aliphatic heterocycles. The number of fused-ring (bicyclic) bond motifs is 1. The number of aromatic nitrogens is 2. The van der Waals surface area contributed by atoms with Gasteiger partial charge in [0.15, 0.2) is 5.75 Å². The molecule has 66 valence electrons. The fourth-order valence-electron chi connectivity index (χ4n) is 1.02. The third kappa shape index (κ3) is 1.50. The number of rotatable bonds is 1. The normalized spacial score (nSPS) is 10.2. The summed E-state index contributed by atoms with van der Waals surface area (Å²) >= 11 is 1.10. The molecule has 0 aliphatic rings. The molecule has 2 rings (SSSR count). The Morgan fingerprint density at radius 3 is 3.08 bits per heavy atom. The number of hydrogen-bond acceptors (Lipinski definition) is 5. The molecule has 0 bridgehead atoms. The van der Waals surface area contributed by atoms with Crippen LogP contribution in [0.2, 0.25) is 0 Å². The van der Waals surface area contributed by atoms with E-state index in [-0.39, 0.29) is 5.97 Å². The minimum atomic E-state index is -0.347. The second-order valence-corrected chi connectivity index (χ2v) is 3.01. The van der Waals surface area contributed by atoms with E-state index in [0.717, 1.165) is 17.2 Å². The van der Waals surface area contributed by atoms with E-state index in [0.29, 0.717) is 11.3 Å². The summed E-state index contributed by atoms with van der Waals surface area (Å²) in [4.78, 5) is 10.7. The summed E-state index contributed by atoms with van der Waals surface area (Å²) in [6, 6.07) is 5.30. The van der Waals surface area contributed by atoms with Gasteiger partial charge in [-0.3, -0.25) is 4.79 Å². The largest absolute Gasteiger partial charge is 0.424 e. The maximum Gasteiger partial charge on any atom is 0.308 e. The van der Waals surface area contributed by atoms with E-state index in [1.54, 1.807) is 12.1 Å². The lowest BCUT2D eigenvalue weighted by molar-refractivity contribution is -0.131. The van der Waals surface area contributed by atoms with Crippen molar-refractivity contribution in [3.05, 3.63) is 18.2 Å². The molecule has 0 N–H and O–H groups in total. The Morgan fingerprint density at radius 2 is 2.31 bits per heavy atom. The fourth-order valence-corrected chi connectivity index (χ4v) is 1.56. The van der Waals surface area contributed by atoms with Crippen molar-refractivity contribution in [3.63, 3.8) is 0 Å². The van der Waals surface area contributed by atoms with Gasteiger partial charge in [0, 0.05) is 6.92 Å². The van der Waals surface area contributed by atoms with E-state index in [4.69, 9.17) is 4.74 Å². The van der Waals surface area contributed by atoms with Crippen LogP contribution >= 0.6 is 11.7 Å². The zero-order valence-corrected chi connectivity index (χ0v) is 7.67. The van der Waals surface area contributed by atoms with Gasteiger partial charge in [-0.15, -0.1) is 0 Å². The molecule has 1 aromatic heterocycles. The van der Waals surface area contributed by atoms with Crippen LogP contribution in [0.25, 0.3) is 11.0 Å². The maximum absolute atomic E-state index is 10.7. The number of ether oxygens (including phenoxy) is 1. The molecule has 4 nitrogen and oxygen atoms in total. The molecule has 2 aromatic rings. The zero-order chi connectivity index (χ0) is 9.26. The molecular formula is C8H6N2O2S. The second-order valence-electron chi connectivity index (χ2n) is 2.48. The molecule has 1 heterocycles. The lowest BCUT2D eigenvalue weighted by atomic mass is 10.3. The first-order valence-electron chi connectivity index (χ1n) is 3.67. The molecule has 0 saturated carbocycles. The number of benzene rings is 1. The van der Waals surface area contributed by atoms with E-state index < -0.39 is 0 Å². The van der Waals surface area contributed by atoms with Gasteiger partial charge in [0.05, 0.1) is 11.7 Å². The molecule has 0 atom stereocenters. The van der Waals surface area contributed by atoms with Crippen molar-refractivity contribution in [2.75, 3.05) is 0 Å². The van der Waals surface area contributed by atoms with Crippen LogP contribution in [0.5, 0.6) is 5.75 Å². The summed E-state index contributed by atoms with van der Waals surface area (Å²) < 4.78 is 13.0. The fraction of sp³-hybridized carbons (Fsp3) is 0.125. The first kappa shape index (κ1) is 8.12. The van der Waals surface area contributed by atoms with Gasteiger partial charge < -0.3 is 4.74 Å². The average Bonchev–Trinajstić information content (AvgIpc) is 2.51. The van der Waals surface area contributed by atoms with Gasteiger partial charge in [0.1, 0.15) is 11.0 Å². The van der Waals surface area contributed by atoms with Crippen LogP contribution in [-0.2, 0) is 4.79 Å². The van der Waals surface area contributed by atoms with Crippen molar-refractivity contribution < 1.29 is 9.53 Å². The van der Waals surface area contributed by atoms with Crippen LogP contribution in [0.4, 0.5) is 0 Å². The van der Waals surface area contributed by atoms with Crippen molar-refractivity contribution in [3.8, 4) is 5.75 Å². The standard InChI is InChI=1S/C8H6N2O2S/c1-5(11)12-7-4-2-3-6-8(7)10-13-9-6/h2-4H,1H3. The van der Waals surface area contributed by atoms with Gasteiger partial charge in [-0.1, -0.05) is 6.07 Å². The Labute approximate surface area is 78.5 Å².